The number of aliphatic carboxylic acids is 1. The molecule has 5 atom stereocenters. The highest BCUT2D eigenvalue weighted by molar-refractivity contribution is 7.91. The zero-order chi connectivity index (χ0) is 18.8. The first-order valence-electron chi connectivity index (χ1n) is 10.8. The van der Waals surface area contributed by atoms with Gasteiger partial charge in [-0.05, 0) is 44.4 Å². The maximum Gasteiger partial charge on any atom is 0.303 e. The minimum atomic E-state index is -0.699. The van der Waals surface area contributed by atoms with Gasteiger partial charge in [-0.3, -0.25) is 4.79 Å². The molecule has 2 fully saturated rings. The number of carboxylic acid groups (broad SMARTS) is 1. The van der Waals surface area contributed by atoms with Crippen molar-refractivity contribution in [3.05, 3.63) is 0 Å². The van der Waals surface area contributed by atoms with Gasteiger partial charge < -0.3 is 14.4 Å². The van der Waals surface area contributed by atoms with Gasteiger partial charge in [-0.15, -0.1) is 0 Å². The van der Waals surface area contributed by atoms with E-state index in [0.29, 0.717) is 24.0 Å². The predicted molar refractivity (Wildman–Crippen MR) is 107 cm³/mol. The topological polar surface area (TPSA) is 69.6 Å². The van der Waals surface area contributed by atoms with Crippen LogP contribution >= 0.6 is 0 Å². The van der Waals surface area contributed by atoms with Gasteiger partial charge >= 0.3 is 5.97 Å². The molecule has 2 rings (SSSR count). The first-order valence-corrected chi connectivity index (χ1v) is 12.3. The average molecular weight is 387 g/mol. The zero-order valence-corrected chi connectivity index (χ0v) is 17.3. The van der Waals surface area contributed by atoms with Crippen LogP contribution in [-0.2, 0) is 20.7 Å². The third kappa shape index (κ3) is 7.40. The van der Waals surface area contributed by atoms with Gasteiger partial charge in [-0.25, -0.2) is 0 Å². The molecule has 0 aliphatic carbocycles. The molecule has 26 heavy (non-hydrogen) atoms. The zero-order valence-electron chi connectivity index (χ0n) is 16.5. The smallest absolute Gasteiger partial charge is 0.303 e. The molecule has 0 amide bonds. The van der Waals surface area contributed by atoms with Crippen molar-refractivity contribution in [3.8, 4) is 0 Å². The average Bonchev–Trinajstić information content (AvgIpc) is 3.20. The van der Waals surface area contributed by atoms with Gasteiger partial charge in [0.25, 0.3) is 0 Å². The molecule has 2 heterocycles. The second-order valence-corrected chi connectivity index (χ2v) is 9.81. The van der Waals surface area contributed by atoms with Crippen LogP contribution in [0.1, 0.15) is 90.4 Å². The normalized spacial score (nSPS) is 28.5. The van der Waals surface area contributed by atoms with Crippen molar-refractivity contribution < 1.29 is 19.2 Å². The number of carboxylic acids is 1. The molecule has 152 valence electrons. The molecule has 2 aliphatic rings. The van der Waals surface area contributed by atoms with E-state index in [4.69, 9.17) is 9.84 Å². The summed E-state index contributed by atoms with van der Waals surface area (Å²) < 4.78 is 18.7. The van der Waals surface area contributed by atoms with E-state index < -0.39 is 17.1 Å². The van der Waals surface area contributed by atoms with Crippen molar-refractivity contribution in [2.75, 3.05) is 11.5 Å². The lowest BCUT2D eigenvalue weighted by Crippen LogP contribution is -2.33. The predicted octanol–water partition coefficient (Wildman–Crippen LogP) is 4.92. The van der Waals surface area contributed by atoms with Gasteiger partial charge in [0.15, 0.2) is 0 Å². The molecule has 0 radical (unpaired) electrons. The number of rotatable bonds is 15. The van der Waals surface area contributed by atoms with Crippen LogP contribution < -0.4 is 0 Å². The van der Waals surface area contributed by atoms with Crippen molar-refractivity contribution in [3.63, 3.8) is 0 Å². The maximum absolute atomic E-state index is 12.5. The molecule has 2 aliphatic heterocycles. The summed E-state index contributed by atoms with van der Waals surface area (Å²) in [6.45, 7) is 2.22. The third-order valence-electron chi connectivity index (χ3n) is 6.12. The fourth-order valence-corrected chi connectivity index (χ4v) is 6.26. The van der Waals surface area contributed by atoms with Crippen LogP contribution in [0.25, 0.3) is 0 Å². The van der Waals surface area contributed by atoms with Crippen LogP contribution in [0, 0.1) is 11.8 Å². The van der Waals surface area contributed by atoms with E-state index >= 15 is 0 Å². The number of ether oxygens (including phenoxy) is 1. The Balaban J connectivity index is 1.64. The van der Waals surface area contributed by atoms with Gasteiger partial charge in [0.2, 0.25) is 0 Å². The van der Waals surface area contributed by atoms with E-state index in [0.717, 1.165) is 56.5 Å². The van der Waals surface area contributed by atoms with Crippen molar-refractivity contribution in [2.45, 2.75) is 103 Å². The SMILES string of the molecule is CCCCCCC[S+]([O-])C[C@H]1[C@@H](CCCCCCC(=O)O)[C@H]2CC[C@@H]1O2. The molecular weight excluding hydrogens is 348 g/mol. The minimum Gasteiger partial charge on any atom is -0.616 e. The molecule has 4 nitrogen and oxygen atoms in total. The summed E-state index contributed by atoms with van der Waals surface area (Å²) in [4.78, 5) is 10.6. The summed E-state index contributed by atoms with van der Waals surface area (Å²) in [7, 11) is 0. The van der Waals surface area contributed by atoms with Gasteiger partial charge in [0, 0.05) is 12.3 Å². The lowest BCUT2D eigenvalue weighted by Gasteiger charge is -2.28. The Labute approximate surface area is 162 Å². The highest BCUT2D eigenvalue weighted by atomic mass is 32.2. The summed E-state index contributed by atoms with van der Waals surface area (Å²) in [5, 5.41) is 8.69. The molecular formula is C21H38O4S. The summed E-state index contributed by atoms with van der Waals surface area (Å²) in [6, 6.07) is 0. The van der Waals surface area contributed by atoms with E-state index in [-0.39, 0.29) is 6.42 Å². The molecule has 0 aromatic heterocycles. The lowest BCUT2D eigenvalue weighted by atomic mass is 9.77. The van der Waals surface area contributed by atoms with Crippen LogP contribution in [0.2, 0.25) is 0 Å². The van der Waals surface area contributed by atoms with Crippen molar-refractivity contribution in [1.29, 1.82) is 0 Å². The van der Waals surface area contributed by atoms with Gasteiger partial charge in [-0.1, -0.05) is 56.6 Å². The molecule has 2 bridgehead atoms. The second kappa shape index (κ2) is 12.2. The van der Waals surface area contributed by atoms with Crippen LogP contribution in [-0.4, -0.2) is 39.3 Å². The first-order chi connectivity index (χ1) is 12.6. The Bertz CT molecular complexity index is 403. The van der Waals surface area contributed by atoms with E-state index in [9.17, 15) is 9.35 Å². The maximum atomic E-state index is 12.5. The fourth-order valence-electron chi connectivity index (χ4n) is 4.68. The van der Waals surface area contributed by atoms with Crippen LogP contribution in [0.15, 0.2) is 0 Å². The van der Waals surface area contributed by atoms with Crippen LogP contribution in [0.4, 0.5) is 0 Å². The summed E-state index contributed by atoms with van der Waals surface area (Å²) in [5.41, 5.74) is 0. The Morgan fingerprint density at radius 2 is 1.65 bits per heavy atom. The molecule has 0 aromatic rings. The molecule has 0 aromatic carbocycles. The quantitative estimate of drug-likeness (QED) is 0.320. The Morgan fingerprint density at radius 1 is 1.00 bits per heavy atom. The van der Waals surface area contributed by atoms with Gasteiger partial charge in [-0.2, -0.15) is 0 Å². The summed E-state index contributed by atoms with van der Waals surface area (Å²) >= 11 is -0.699. The van der Waals surface area contributed by atoms with Crippen molar-refractivity contribution >= 4 is 17.1 Å². The number of hydrogen-bond acceptors (Lipinski definition) is 3. The van der Waals surface area contributed by atoms with E-state index in [1.54, 1.807) is 0 Å². The minimum absolute atomic E-state index is 0.289. The third-order valence-corrected chi connectivity index (χ3v) is 7.62. The Morgan fingerprint density at radius 3 is 2.38 bits per heavy atom. The lowest BCUT2D eigenvalue weighted by molar-refractivity contribution is -0.137. The number of fused-ring (bicyclic) bond motifs is 2. The van der Waals surface area contributed by atoms with Crippen molar-refractivity contribution in [1.82, 2.24) is 0 Å². The molecule has 5 heteroatoms. The summed E-state index contributed by atoms with van der Waals surface area (Å²) in [5.74, 6) is 2.07. The summed E-state index contributed by atoms with van der Waals surface area (Å²) in [6.07, 6.45) is 14.7. The second-order valence-electron chi connectivity index (χ2n) is 8.19. The van der Waals surface area contributed by atoms with E-state index in [2.05, 4.69) is 6.92 Å². The van der Waals surface area contributed by atoms with E-state index in [1.165, 1.54) is 32.1 Å². The van der Waals surface area contributed by atoms with Crippen LogP contribution in [0.5, 0.6) is 0 Å². The monoisotopic (exact) mass is 386 g/mol. The molecule has 2 saturated heterocycles. The largest absolute Gasteiger partial charge is 0.616 e. The highest BCUT2D eigenvalue weighted by Crippen LogP contribution is 2.46. The standard InChI is InChI=1S/C21H38O4S/c1-2-3-4-7-10-15-26(24)16-18-17(19-13-14-20(18)25-19)11-8-5-6-9-12-21(22)23/h17-20H,2-16H2,1H3,(H,22,23)/t17-,18+,19-,20+,26?/m1/s1. The first kappa shape index (κ1) is 22.0. The van der Waals surface area contributed by atoms with Crippen molar-refractivity contribution in [2.24, 2.45) is 11.8 Å². The number of hydrogen-bond donors (Lipinski definition) is 1. The molecule has 1 N–H and O–H groups in total. The van der Waals surface area contributed by atoms with E-state index in [1.807, 2.05) is 0 Å². The Kier molecular flexibility index (Phi) is 10.4. The van der Waals surface area contributed by atoms with Crippen LogP contribution in [0.3, 0.4) is 0 Å². The molecule has 1 unspecified atom stereocenters. The number of unbranched alkanes of at least 4 members (excludes halogenated alkanes) is 7. The van der Waals surface area contributed by atoms with Gasteiger partial charge in [0.05, 0.1) is 12.2 Å². The highest BCUT2D eigenvalue weighted by Gasteiger charge is 2.49. The fraction of sp³-hybridized carbons (Fsp3) is 0.952. The molecule has 0 spiro atoms. The number of carbonyl (C=O) groups is 1. The van der Waals surface area contributed by atoms with Gasteiger partial charge in [0.1, 0.15) is 11.5 Å². The Hall–Kier alpha value is -0.260. The molecule has 0 saturated carbocycles.